The van der Waals surface area contributed by atoms with Crippen molar-refractivity contribution in [1.82, 2.24) is 4.98 Å². The maximum atomic E-state index is 8.27. The summed E-state index contributed by atoms with van der Waals surface area (Å²) < 4.78 is 0. The maximum absolute atomic E-state index is 8.27. The second kappa shape index (κ2) is 4.39. The van der Waals surface area contributed by atoms with Crippen LogP contribution in [0, 0.1) is 6.92 Å². The van der Waals surface area contributed by atoms with Gasteiger partial charge in [0, 0.05) is 10.3 Å². The number of fused-ring (bicyclic) bond motifs is 1. The van der Waals surface area contributed by atoms with Gasteiger partial charge in [-0.15, -0.1) is 0 Å². The van der Waals surface area contributed by atoms with Crippen LogP contribution in [0.25, 0.3) is 21.3 Å². The van der Waals surface area contributed by atoms with Gasteiger partial charge in [0.2, 0.25) is 0 Å². The molecule has 1 heterocycles. The largest absolute Gasteiger partial charge is 0.236 e. The Balaban J connectivity index is 2.59. The van der Waals surface area contributed by atoms with Crippen molar-refractivity contribution in [3.63, 3.8) is 0 Å². The molecule has 0 saturated carbocycles. The lowest BCUT2D eigenvalue weighted by Gasteiger charge is -2.04. The van der Waals surface area contributed by atoms with Crippen molar-refractivity contribution in [1.29, 1.82) is 0 Å². The van der Waals surface area contributed by atoms with E-state index >= 15 is 0 Å². The normalized spacial score (nSPS) is 10.1. The van der Waals surface area contributed by atoms with Crippen LogP contribution in [0.5, 0.6) is 0 Å². The third kappa shape index (κ3) is 2.08. The minimum absolute atomic E-state index is 0.228. The van der Waals surface area contributed by atoms with Gasteiger partial charge in [0.1, 0.15) is 5.15 Å². The number of rotatable bonds is 2. The van der Waals surface area contributed by atoms with Crippen LogP contribution in [-0.4, -0.2) is 4.98 Å². The first-order valence-electron chi connectivity index (χ1n) is 4.77. The number of pyridine rings is 1. The zero-order valence-electron chi connectivity index (χ0n) is 8.68. The number of nitrogens with zero attached hydrogens (tertiary/aromatic N) is 4. The van der Waals surface area contributed by atoms with Gasteiger partial charge < -0.3 is 0 Å². The van der Waals surface area contributed by atoms with Crippen molar-refractivity contribution in [2.45, 2.75) is 13.5 Å². The summed E-state index contributed by atoms with van der Waals surface area (Å²) >= 11 is 5.98. The second-order valence-corrected chi connectivity index (χ2v) is 3.88. The minimum Gasteiger partial charge on any atom is -0.236 e. The average molecular weight is 233 g/mol. The Morgan fingerprint density at radius 2 is 2.25 bits per heavy atom. The van der Waals surface area contributed by atoms with E-state index < -0.39 is 0 Å². The van der Waals surface area contributed by atoms with Gasteiger partial charge in [-0.25, -0.2) is 4.98 Å². The molecule has 0 N–H and O–H groups in total. The van der Waals surface area contributed by atoms with Crippen LogP contribution >= 0.6 is 11.6 Å². The number of hydrogen-bond donors (Lipinski definition) is 0. The summed E-state index contributed by atoms with van der Waals surface area (Å²) in [6.45, 7) is 2.24. The Morgan fingerprint density at radius 3 is 3.00 bits per heavy atom. The number of azide groups is 1. The lowest BCUT2D eigenvalue weighted by molar-refractivity contribution is 1.04. The lowest BCUT2D eigenvalue weighted by Crippen LogP contribution is -1.89. The molecule has 5 heteroatoms. The molecule has 0 fully saturated rings. The van der Waals surface area contributed by atoms with Gasteiger partial charge in [0.25, 0.3) is 0 Å². The molecule has 2 rings (SSSR count). The first-order valence-corrected chi connectivity index (χ1v) is 5.15. The van der Waals surface area contributed by atoms with E-state index in [2.05, 4.69) is 15.0 Å². The van der Waals surface area contributed by atoms with E-state index in [4.69, 9.17) is 17.1 Å². The van der Waals surface area contributed by atoms with E-state index in [1.807, 2.05) is 31.2 Å². The number of halogens is 1. The van der Waals surface area contributed by atoms with Crippen LogP contribution in [0.15, 0.2) is 29.4 Å². The highest BCUT2D eigenvalue weighted by molar-refractivity contribution is 6.30. The quantitative estimate of drug-likeness (QED) is 0.334. The fourth-order valence-corrected chi connectivity index (χ4v) is 1.74. The van der Waals surface area contributed by atoms with Crippen molar-refractivity contribution in [3.05, 3.63) is 51.0 Å². The molecule has 1 aromatic carbocycles. The molecule has 0 bridgehead atoms. The van der Waals surface area contributed by atoms with Crippen LogP contribution < -0.4 is 0 Å². The maximum Gasteiger partial charge on any atom is 0.133 e. The van der Waals surface area contributed by atoms with Crippen LogP contribution in [0.4, 0.5) is 0 Å². The molecule has 0 amide bonds. The monoisotopic (exact) mass is 232 g/mol. The van der Waals surface area contributed by atoms with Gasteiger partial charge in [0.15, 0.2) is 0 Å². The molecular weight excluding hydrogens is 224 g/mol. The number of benzene rings is 1. The third-order valence-electron chi connectivity index (χ3n) is 2.30. The van der Waals surface area contributed by atoms with Crippen LogP contribution in [0.1, 0.15) is 11.1 Å². The predicted octanol–water partition coefficient (Wildman–Crippen LogP) is 4.01. The Labute approximate surface area is 97.5 Å². The zero-order chi connectivity index (χ0) is 11.5. The summed E-state index contributed by atoms with van der Waals surface area (Å²) in [5, 5.41) is 4.89. The van der Waals surface area contributed by atoms with Gasteiger partial charge in [-0.3, -0.25) is 0 Å². The smallest absolute Gasteiger partial charge is 0.133 e. The highest BCUT2D eigenvalue weighted by Gasteiger charge is 2.04. The van der Waals surface area contributed by atoms with Crippen molar-refractivity contribution in [3.8, 4) is 0 Å². The molecule has 4 nitrogen and oxygen atoms in total. The molecule has 0 spiro atoms. The number of aromatic nitrogens is 1. The summed E-state index contributed by atoms with van der Waals surface area (Å²) in [5.74, 6) is 0. The van der Waals surface area contributed by atoms with E-state index in [0.29, 0.717) is 5.15 Å². The van der Waals surface area contributed by atoms with Crippen molar-refractivity contribution in [2.24, 2.45) is 5.11 Å². The summed E-state index contributed by atoms with van der Waals surface area (Å²) in [5.41, 5.74) is 11.0. The fraction of sp³-hybridized carbons (Fsp3) is 0.182. The molecule has 0 radical (unpaired) electrons. The Morgan fingerprint density at radius 1 is 1.44 bits per heavy atom. The first kappa shape index (κ1) is 10.7. The van der Waals surface area contributed by atoms with E-state index in [1.165, 1.54) is 0 Å². The van der Waals surface area contributed by atoms with Crippen LogP contribution in [-0.2, 0) is 6.54 Å². The highest BCUT2D eigenvalue weighted by atomic mass is 35.5. The summed E-state index contributed by atoms with van der Waals surface area (Å²) in [6.07, 6.45) is 0. The van der Waals surface area contributed by atoms with Crippen molar-refractivity contribution >= 4 is 22.5 Å². The highest BCUT2D eigenvalue weighted by Crippen LogP contribution is 2.22. The van der Waals surface area contributed by atoms with Crippen LogP contribution in [0.2, 0.25) is 5.15 Å². The molecular formula is C11H9ClN4. The molecule has 1 aromatic heterocycles. The first-order chi connectivity index (χ1) is 7.70. The van der Waals surface area contributed by atoms with E-state index in [9.17, 15) is 0 Å². The van der Waals surface area contributed by atoms with Gasteiger partial charge >= 0.3 is 0 Å². The molecule has 0 saturated heterocycles. The SMILES string of the molecule is Cc1ccc2nc(Cl)c(CN=[N+]=[N-])cc2c1. The molecule has 0 unspecified atom stereocenters. The zero-order valence-corrected chi connectivity index (χ0v) is 9.44. The Kier molecular flexibility index (Phi) is 2.95. The topological polar surface area (TPSA) is 61.7 Å². The van der Waals surface area contributed by atoms with Crippen molar-refractivity contribution in [2.75, 3.05) is 0 Å². The van der Waals surface area contributed by atoms with Gasteiger partial charge in [-0.1, -0.05) is 28.3 Å². The van der Waals surface area contributed by atoms with Crippen LogP contribution in [0.3, 0.4) is 0 Å². The van der Waals surface area contributed by atoms with E-state index in [1.54, 1.807) is 0 Å². The van der Waals surface area contributed by atoms with Gasteiger partial charge in [-0.05, 0) is 36.2 Å². The number of aryl methyl sites for hydroxylation is 1. The lowest BCUT2D eigenvalue weighted by atomic mass is 10.1. The molecule has 0 atom stereocenters. The Bertz CT molecular complexity index is 588. The molecule has 0 aliphatic rings. The van der Waals surface area contributed by atoms with E-state index in [0.717, 1.165) is 22.0 Å². The standard InChI is InChI=1S/C11H9ClN4/c1-7-2-3-10-8(4-7)5-9(6-14-16-13)11(12)15-10/h2-5H,6H2,1H3. The molecule has 0 aliphatic carbocycles. The predicted molar refractivity (Wildman–Crippen MR) is 64.3 cm³/mol. The summed E-state index contributed by atoms with van der Waals surface area (Å²) in [6, 6.07) is 7.84. The van der Waals surface area contributed by atoms with Crippen molar-refractivity contribution < 1.29 is 0 Å². The second-order valence-electron chi connectivity index (χ2n) is 3.52. The number of hydrogen-bond acceptors (Lipinski definition) is 2. The molecule has 16 heavy (non-hydrogen) atoms. The third-order valence-corrected chi connectivity index (χ3v) is 2.63. The summed E-state index contributed by atoms with van der Waals surface area (Å²) in [4.78, 5) is 6.96. The average Bonchev–Trinajstić information content (AvgIpc) is 2.27. The van der Waals surface area contributed by atoms with Gasteiger partial charge in [-0.2, -0.15) is 0 Å². The van der Waals surface area contributed by atoms with Gasteiger partial charge in [0.05, 0.1) is 12.1 Å². The van der Waals surface area contributed by atoms with E-state index in [-0.39, 0.29) is 6.54 Å². The molecule has 0 aliphatic heterocycles. The molecule has 80 valence electrons. The molecule has 2 aromatic rings. The fourth-order valence-electron chi connectivity index (χ4n) is 1.53. The summed E-state index contributed by atoms with van der Waals surface area (Å²) in [7, 11) is 0. The minimum atomic E-state index is 0.228. The Hall–Kier alpha value is -1.77.